The first-order valence-corrected chi connectivity index (χ1v) is 6.78. The third kappa shape index (κ3) is 4.09. The van der Waals surface area contributed by atoms with E-state index in [9.17, 15) is 4.79 Å². The third-order valence-electron chi connectivity index (χ3n) is 2.51. The van der Waals surface area contributed by atoms with Gasteiger partial charge in [0.2, 0.25) is 0 Å². The lowest BCUT2D eigenvalue weighted by Gasteiger charge is -2.07. The number of esters is 1. The first-order chi connectivity index (χ1) is 8.08. The highest BCUT2D eigenvalue weighted by molar-refractivity contribution is 7.99. The van der Waals surface area contributed by atoms with Crippen LogP contribution in [0, 0.1) is 6.92 Å². The summed E-state index contributed by atoms with van der Waals surface area (Å²) >= 11 is 1.81. The Hall–Kier alpha value is -0.940. The smallest absolute Gasteiger partial charge is 0.341 e. The molecular formula is C12H19NO3S. The summed E-state index contributed by atoms with van der Waals surface area (Å²) in [5, 5.41) is 3.84. The largest absolute Gasteiger partial charge is 0.465 e. The van der Waals surface area contributed by atoms with Crippen LogP contribution in [-0.2, 0) is 11.3 Å². The van der Waals surface area contributed by atoms with Gasteiger partial charge < -0.3 is 14.5 Å². The molecule has 0 spiro atoms. The molecule has 0 fully saturated rings. The second-order valence-corrected chi connectivity index (χ2v) is 5.13. The maximum Gasteiger partial charge on any atom is 0.341 e. The van der Waals surface area contributed by atoms with Gasteiger partial charge in [-0.3, -0.25) is 0 Å². The van der Waals surface area contributed by atoms with Gasteiger partial charge in [-0.2, -0.15) is 11.8 Å². The molecule has 1 heterocycles. The van der Waals surface area contributed by atoms with Gasteiger partial charge in [-0.15, -0.1) is 0 Å². The standard InChI is InChI=1S/C12H19NO3S/c1-8(17-4)6-13-7-10-5-11(9(2)16-10)12(14)15-3/h5,8,13H,6-7H2,1-4H3. The fraction of sp³-hybridized carbons (Fsp3) is 0.583. The van der Waals surface area contributed by atoms with Crippen molar-refractivity contribution in [1.29, 1.82) is 0 Å². The van der Waals surface area contributed by atoms with Gasteiger partial charge in [-0.25, -0.2) is 4.79 Å². The minimum Gasteiger partial charge on any atom is -0.465 e. The Balaban J connectivity index is 2.53. The van der Waals surface area contributed by atoms with Crippen molar-refractivity contribution in [3.63, 3.8) is 0 Å². The molecule has 1 N–H and O–H groups in total. The second kappa shape index (κ2) is 6.71. The third-order valence-corrected chi connectivity index (χ3v) is 3.48. The van der Waals surface area contributed by atoms with E-state index in [0.717, 1.165) is 12.3 Å². The molecule has 0 amide bonds. The molecule has 1 atom stereocenters. The van der Waals surface area contributed by atoms with Crippen LogP contribution in [0.1, 0.15) is 28.8 Å². The maximum atomic E-state index is 11.4. The first-order valence-electron chi connectivity index (χ1n) is 5.49. The molecule has 1 unspecified atom stereocenters. The van der Waals surface area contributed by atoms with Crippen molar-refractivity contribution >= 4 is 17.7 Å². The van der Waals surface area contributed by atoms with E-state index in [1.807, 2.05) is 11.8 Å². The number of nitrogens with one attached hydrogen (secondary N) is 1. The van der Waals surface area contributed by atoms with Crippen LogP contribution in [0.15, 0.2) is 10.5 Å². The molecular weight excluding hydrogens is 238 g/mol. The van der Waals surface area contributed by atoms with Gasteiger partial charge in [0.1, 0.15) is 17.1 Å². The highest BCUT2D eigenvalue weighted by atomic mass is 32.2. The number of methoxy groups -OCH3 is 1. The van der Waals surface area contributed by atoms with E-state index in [2.05, 4.69) is 23.2 Å². The van der Waals surface area contributed by atoms with Gasteiger partial charge in [0.15, 0.2) is 0 Å². The van der Waals surface area contributed by atoms with Crippen molar-refractivity contribution in [2.45, 2.75) is 25.6 Å². The van der Waals surface area contributed by atoms with E-state index < -0.39 is 0 Å². The summed E-state index contributed by atoms with van der Waals surface area (Å²) in [7, 11) is 1.37. The zero-order valence-electron chi connectivity index (χ0n) is 10.7. The SMILES string of the molecule is COC(=O)c1cc(CNCC(C)SC)oc1C. The zero-order chi connectivity index (χ0) is 12.8. The molecule has 1 rings (SSSR count). The van der Waals surface area contributed by atoms with Crippen molar-refractivity contribution in [1.82, 2.24) is 5.32 Å². The zero-order valence-corrected chi connectivity index (χ0v) is 11.5. The molecule has 0 bridgehead atoms. The number of rotatable bonds is 6. The second-order valence-electron chi connectivity index (χ2n) is 3.85. The van der Waals surface area contributed by atoms with Crippen LogP contribution in [-0.4, -0.2) is 31.1 Å². The molecule has 0 saturated heterocycles. The Labute approximate surface area is 106 Å². The van der Waals surface area contributed by atoms with Crippen molar-refractivity contribution in [3.05, 3.63) is 23.2 Å². The lowest BCUT2D eigenvalue weighted by Crippen LogP contribution is -2.21. The predicted molar refractivity (Wildman–Crippen MR) is 69.5 cm³/mol. The summed E-state index contributed by atoms with van der Waals surface area (Å²) in [6.07, 6.45) is 2.08. The number of ether oxygens (including phenoxy) is 1. The Morgan fingerprint density at radius 1 is 1.65 bits per heavy atom. The first kappa shape index (κ1) is 14.1. The van der Waals surface area contributed by atoms with Gasteiger partial charge in [-0.05, 0) is 19.2 Å². The summed E-state index contributed by atoms with van der Waals surface area (Å²) in [5.41, 5.74) is 0.502. The van der Waals surface area contributed by atoms with E-state index in [1.54, 1.807) is 13.0 Å². The van der Waals surface area contributed by atoms with Crippen molar-refractivity contribution < 1.29 is 13.9 Å². The monoisotopic (exact) mass is 257 g/mol. The Morgan fingerprint density at radius 3 is 2.94 bits per heavy atom. The van der Waals surface area contributed by atoms with E-state index in [1.165, 1.54) is 7.11 Å². The van der Waals surface area contributed by atoms with Gasteiger partial charge in [0, 0.05) is 11.8 Å². The Morgan fingerprint density at radius 2 is 2.35 bits per heavy atom. The lowest BCUT2D eigenvalue weighted by molar-refractivity contribution is 0.0599. The van der Waals surface area contributed by atoms with Gasteiger partial charge in [-0.1, -0.05) is 6.92 Å². The van der Waals surface area contributed by atoms with Gasteiger partial charge in [0.05, 0.1) is 13.7 Å². The average Bonchev–Trinajstić information content (AvgIpc) is 2.69. The van der Waals surface area contributed by atoms with Crippen molar-refractivity contribution in [2.75, 3.05) is 19.9 Å². The van der Waals surface area contributed by atoms with E-state index in [0.29, 0.717) is 23.1 Å². The van der Waals surface area contributed by atoms with E-state index >= 15 is 0 Å². The number of hydrogen-bond acceptors (Lipinski definition) is 5. The maximum absolute atomic E-state index is 11.4. The fourth-order valence-corrected chi connectivity index (χ4v) is 1.71. The van der Waals surface area contributed by atoms with Crippen LogP contribution in [0.3, 0.4) is 0 Å². The van der Waals surface area contributed by atoms with Crippen molar-refractivity contribution in [2.24, 2.45) is 0 Å². The Kier molecular flexibility index (Phi) is 5.58. The minimum absolute atomic E-state index is 0.352. The summed E-state index contributed by atoms with van der Waals surface area (Å²) in [4.78, 5) is 11.4. The molecule has 4 nitrogen and oxygen atoms in total. The molecule has 1 aromatic heterocycles. The van der Waals surface area contributed by atoms with Crippen molar-refractivity contribution in [3.8, 4) is 0 Å². The summed E-state index contributed by atoms with van der Waals surface area (Å²) < 4.78 is 10.2. The molecule has 1 aromatic rings. The van der Waals surface area contributed by atoms with Crippen LogP contribution in [0.25, 0.3) is 0 Å². The van der Waals surface area contributed by atoms with Crippen LogP contribution in [0.5, 0.6) is 0 Å². The normalized spacial score (nSPS) is 12.5. The molecule has 17 heavy (non-hydrogen) atoms. The lowest BCUT2D eigenvalue weighted by atomic mass is 10.2. The number of carbonyl (C=O) groups excluding carboxylic acids is 1. The van der Waals surface area contributed by atoms with E-state index in [4.69, 9.17) is 4.42 Å². The summed E-state index contributed by atoms with van der Waals surface area (Å²) in [6.45, 7) is 5.46. The average molecular weight is 257 g/mol. The van der Waals surface area contributed by atoms with Crippen LogP contribution >= 0.6 is 11.8 Å². The van der Waals surface area contributed by atoms with Gasteiger partial charge in [0.25, 0.3) is 0 Å². The number of aryl methyl sites for hydroxylation is 1. The molecule has 0 saturated carbocycles. The van der Waals surface area contributed by atoms with Crippen LogP contribution in [0.2, 0.25) is 0 Å². The molecule has 0 aromatic carbocycles. The fourth-order valence-electron chi connectivity index (χ4n) is 1.43. The van der Waals surface area contributed by atoms with E-state index in [-0.39, 0.29) is 5.97 Å². The quantitative estimate of drug-likeness (QED) is 0.792. The minimum atomic E-state index is -0.352. The molecule has 0 aliphatic carbocycles. The molecule has 0 aliphatic rings. The van der Waals surface area contributed by atoms with Crippen LogP contribution < -0.4 is 5.32 Å². The molecule has 0 aliphatic heterocycles. The number of carbonyl (C=O) groups is 1. The number of thioether (sulfide) groups is 1. The highest BCUT2D eigenvalue weighted by Gasteiger charge is 2.14. The van der Waals surface area contributed by atoms with Crippen LogP contribution in [0.4, 0.5) is 0 Å². The molecule has 5 heteroatoms. The summed E-state index contributed by atoms with van der Waals surface area (Å²) in [5.74, 6) is 1.01. The van der Waals surface area contributed by atoms with Gasteiger partial charge >= 0.3 is 5.97 Å². The predicted octanol–water partition coefficient (Wildman–Crippen LogP) is 2.22. The number of furan rings is 1. The Bertz CT molecular complexity index is 376. The summed E-state index contributed by atoms with van der Waals surface area (Å²) in [6, 6.07) is 1.73. The molecule has 96 valence electrons. The molecule has 0 radical (unpaired) electrons. The number of hydrogen-bond donors (Lipinski definition) is 1. The highest BCUT2D eigenvalue weighted by Crippen LogP contribution is 2.15. The topological polar surface area (TPSA) is 51.5 Å².